The molecule has 2 amide bonds. The molecule has 1 N–H and O–H groups in total. The maximum Gasteiger partial charge on any atom is 0.265 e. The molecule has 4 nitrogen and oxygen atoms in total. The molecule has 19 heavy (non-hydrogen) atoms. The molecule has 2 heterocycles. The summed E-state index contributed by atoms with van der Waals surface area (Å²) < 4.78 is 0.932. The first kappa shape index (κ1) is 14.1. The minimum absolute atomic E-state index is 0.0739. The second-order valence-corrected chi connectivity index (χ2v) is 6.54. The van der Waals surface area contributed by atoms with Crippen LogP contribution in [0.1, 0.15) is 4.88 Å². The summed E-state index contributed by atoms with van der Waals surface area (Å²) in [5, 5.41) is 2.61. The minimum Gasteiger partial charge on any atom is -0.298 e. The molecule has 0 spiro atoms. The van der Waals surface area contributed by atoms with Gasteiger partial charge in [-0.15, -0.1) is 17.9 Å². The molecule has 1 aliphatic rings. The monoisotopic (exact) mass is 356 g/mol. The fraction of sp³-hybridized carbons (Fsp3) is 0.0833. The maximum atomic E-state index is 12.2. The van der Waals surface area contributed by atoms with Gasteiger partial charge < -0.3 is 0 Å². The molecule has 0 aliphatic carbocycles. The summed E-state index contributed by atoms with van der Waals surface area (Å²) in [5.41, 5.74) is 0.0739. The summed E-state index contributed by atoms with van der Waals surface area (Å²) >= 11 is 9.73. The van der Waals surface area contributed by atoms with Crippen LogP contribution in [0.5, 0.6) is 0 Å². The van der Waals surface area contributed by atoms with Crippen molar-refractivity contribution in [2.24, 2.45) is 0 Å². The molecular formula is C12H9BrN2O2S2. The average molecular weight is 357 g/mol. The Hall–Kier alpha value is -1.31. The first-order valence-electron chi connectivity index (χ1n) is 5.28. The Morgan fingerprint density at radius 2 is 2.21 bits per heavy atom. The quantitative estimate of drug-likeness (QED) is 0.391. The third kappa shape index (κ3) is 2.99. The van der Waals surface area contributed by atoms with Crippen molar-refractivity contribution in [2.75, 3.05) is 6.54 Å². The molecule has 1 aromatic rings. The number of nitrogens with one attached hydrogen (secondary N) is 1. The van der Waals surface area contributed by atoms with Crippen LogP contribution in [0.4, 0.5) is 0 Å². The molecule has 1 fully saturated rings. The molecule has 0 aromatic carbocycles. The Labute approximate surface area is 127 Å². The summed E-state index contributed by atoms with van der Waals surface area (Å²) in [7, 11) is 0. The van der Waals surface area contributed by atoms with Gasteiger partial charge in [-0.1, -0.05) is 6.08 Å². The lowest BCUT2D eigenvalue weighted by atomic mass is 10.1. The van der Waals surface area contributed by atoms with E-state index in [1.54, 1.807) is 12.2 Å². The Morgan fingerprint density at radius 1 is 1.47 bits per heavy atom. The van der Waals surface area contributed by atoms with E-state index in [9.17, 15) is 9.59 Å². The molecule has 1 aliphatic heterocycles. The second-order valence-electron chi connectivity index (χ2n) is 3.66. The predicted octanol–water partition coefficient (Wildman–Crippen LogP) is 2.32. The molecule has 0 bridgehead atoms. The SMILES string of the molecule is C=CCN1C(=O)/C(=C\c2ccc(Br)s2)C(=O)NC1=S. The van der Waals surface area contributed by atoms with E-state index in [2.05, 4.69) is 27.8 Å². The Morgan fingerprint density at radius 3 is 2.79 bits per heavy atom. The van der Waals surface area contributed by atoms with E-state index in [1.165, 1.54) is 16.2 Å². The zero-order chi connectivity index (χ0) is 14.0. The minimum atomic E-state index is -0.472. The van der Waals surface area contributed by atoms with Crippen LogP contribution in [0, 0.1) is 0 Å². The number of amides is 2. The molecule has 98 valence electrons. The number of hydrogen-bond donors (Lipinski definition) is 1. The van der Waals surface area contributed by atoms with Gasteiger partial charge in [0.05, 0.1) is 3.79 Å². The molecule has 1 aromatic heterocycles. The lowest BCUT2D eigenvalue weighted by molar-refractivity contribution is -0.128. The molecule has 7 heteroatoms. The Kier molecular flexibility index (Phi) is 4.28. The van der Waals surface area contributed by atoms with Gasteiger partial charge in [-0.2, -0.15) is 0 Å². The van der Waals surface area contributed by atoms with Crippen molar-refractivity contribution < 1.29 is 9.59 Å². The summed E-state index contributed by atoms with van der Waals surface area (Å²) in [5.74, 6) is -0.877. The van der Waals surface area contributed by atoms with Gasteiger partial charge in [0.1, 0.15) is 5.57 Å². The molecule has 0 atom stereocenters. The van der Waals surface area contributed by atoms with Crippen LogP contribution in [0.15, 0.2) is 34.1 Å². The fourth-order valence-corrected chi connectivity index (χ4v) is 3.15. The maximum absolute atomic E-state index is 12.2. The number of halogens is 1. The zero-order valence-corrected chi connectivity index (χ0v) is 12.9. The summed E-state index contributed by atoms with van der Waals surface area (Å²) in [6.45, 7) is 3.83. The lowest BCUT2D eigenvalue weighted by Gasteiger charge is -2.27. The second kappa shape index (κ2) is 5.77. The third-order valence-electron chi connectivity index (χ3n) is 2.38. The van der Waals surface area contributed by atoms with E-state index < -0.39 is 11.8 Å². The highest BCUT2D eigenvalue weighted by molar-refractivity contribution is 9.11. The highest BCUT2D eigenvalue weighted by atomic mass is 79.9. The van der Waals surface area contributed by atoms with Crippen molar-refractivity contribution in [2.45, 2.75) is 0 Å². The topological polar surface area (TPSA) is 49.4 Å². The Bertz CT molecular complexity index is 607. The summed E-state index contributed by atoms with van der Waals surface area (Å²) in [6, 6.07) is 3.68. The number of carbonyl (C=O) groups is 2. The van der Waals surface area contributed by atoms with E-state index in [4.69, 9.17) is 12.2 Å². The number of thiocarbonyl (C=S) groups is 1. The van der Waals surface area contributed by atoms with Crippen LogP contribution < -0.4 is 5.32 Å². The fourth-order valence-electron chi connectivity index (χ4n) is 1.54. The van der Waals surface area contributed by atoms with E-state index in [-0.39, 0.29) is 17.2 Å². The third-order valence-corrected chi connectivity index (χ3v) is 4.27. The van der Waals surface area contributed by atoms with Crippen molar-refractivity contribution in [1.82, 2.24) is 10.2 Å². The van der Waals surface area contributed by atoms with Gasteiger partial charge in [0, 0.05) is 11.4 Å². The molecule has 2 rings (SSSR count). The van der Waals surface area contributed by atoms with Gasteiger partial charge in [-0.3, -0.25) is 19.8 Å². The number of thiophene rings is 1. The zero-order valence-electron chi connectivity index (χ0n) is 9.68. The number of hydrogen-bond acceptors (Lipinski definition) is 4. The van der Waals surface area contributed by atoms with Gasteiger partial charge >= 0.3 is 0 Å². The molecule has 0 radical (unpaired) electrons. The predicted molar refractivity (Wildman–Crippen MR) is 82.6 cm³/mol. The van der Waals surface area contributed by atoms with Crippen molar-refractivity contribution in [3.63, 3.8) is 0 Å². The van der Waals surface area contributed by atoms with Crippen molar-refractivity contribution >= 4 is 62.5 Å². The van der Waals surface area contributed by atoms with Crippen molar-refractivity contribution in [3.8, 4) is 0 Å². The summed E-state index contributed by atoms with van der Waals surface area (Å²) in [4.78, 5) is 26.2. The summed E-state index contributed by atoms with van der Waals surface area (Å²) in [6.07, 6.45) is 3.12. The number of nitrogens with zero attached hydrogens (tertiary/aromatic N) is 1. The highest BCUT2D eigenvalue weighted by Crippen LogP contribution is 2.25. The van der Waals surface area contributed by atoms with Gasteiger partial charge in [0.25, 0.3) is 11.8 Å². The first-order chi connectivity index (χ1) is 9.02. The smallest absolute Gasteiger partial charge is 0.265 e. The van der Waals surface area contributed by atoms with Crippen LogP contribution >= 0.6 is 39.5 Å². The highest BCUT2D eigenvalue weighted by Gasteiger charge is 2.32. The van der Waals surface area contributed by atoms with Crippen molar-refractivity contribution in [3.05, 3.63) is 39.0 Å². The standard InChI is InChI=1S/C12H9BrN2O2S2/c1-2-5-15-11(17)8(10(16)14-12(15)18)6-7-3-4-9(13)19-7/h2-4,6H,1,5H2,(H,14,16,18)/b8-6-. The van der Waals surface area contributed by atoms with Gasteiger partial charge in [0.15, 0.2) is 5.11 Å². The van der Waals surface area contributed by atoms with Crippen LogP contribution in [0.25, 0.3) is 6.08 Å². The van der Waals surface area contributed by atoms with Crippen molar-refractivity contribution in [1.29, 1.82) is 0 Å². The van der Waals surface area contributed by atoms with Crippen LogP contribution in [-0.4, -0.2) is 28.4 Å². The van der Waals surface area contributed by atoms with Crippen LogP contribution in [0.3, 0.4) is 0 Å². The average Bonchev–Trinajstić information content (AvgIpc) is 2.76. The van der Waals surface area contributed by atoms with Crippen LogP contribution in [0.2, 0.25) is 0 Å². The van der Waals surface area contributed by atoms with Gasteiger partial charge in [-0.25, -0.2) is 0 Å². The van der Waals surface area contributed by atoms with E-state index >= 15 is 0 Å². The molecular weight excluding hydrogens is 348 g/mol. The number of carbonyl (C=O) groups excluding carboxylic acids is 2. The number of rotatable bonds is 3. The first-order valence-corrected chi connectivity index (χ1v) is 7.30. The molecule has 1 saturated heterocycles. The molecule has 0 unspecified atom stereocenters. The van der Waals surface area contributed by atoms with E-state index in [1.807, 2.05) is 12.1 Å². The molecule has 0 saturated carbocycles. The van der Waals surface area contributed by atoms with Crippen LogP contribution in [-0.2, 0) is 9.59 Å². The lowest BCUT2D eigenvalue weighted by Crippen LogP contribution is -2.53. The van der Waals surface area contributed by atoms with E-state index in [0.717, 1.165) is 8.66 Å². The Balaban J connectivity index is 2.35. The van der Waals surface area contributed by atoms with Gasteiger partial charge in [-0.05, 0) is 46.4 Å². The van der Waals surface area contributed by atoms with Gasteiger partial charge in [0.2, 0.25) is 0 Å². The normalized spacial score (nSPS) is 17.8. The largest absolute Gasteiger partial charge is 0.298 e. The van der Waals surface area contributed by atoms with E-state index in [0.29, 0.717) is 0 Å².